The number of hydrogen-bond acceptors (Lipinski definition) is 6. The van der Waals surface area contributed by atoms with Crippen LogP contribution in [0.15, 0.2) is 4.52 Å². The molecule has 1 unspecified atom stereocenters. The Kier molecular flexibility index (Phi) is 2.84. The first-order valence-corrected chi connectivity index (χ1v) is 3.91. The number of anilines is 1. The summed E-state index contributed by atoms with van der Waals surface area (Å²) in [6.45, 7) is 3.03. The Labute approximate surface area is 75.6 Å². The van der Waals surface area contributed by atoms with Crippen molar-refractivity contribution in [2.24, 2.45) is 0 Å². The van der Waals surface area contributed by atoms with Crippen LogP contribution in [0.3, 0.4) is 0 Å². The number of nitrogens with zero attached hydrogens (tertiary/aromatic N) is 2. The summed E-state index contributed by atoms with van der Waals surface area (Å²) in [5.74, 6) is 0.520. The minimum absolute atomic E-state index is 0.158. The van der Waals surface area contributed by atoms with Crippen molar-refractivity contribution in [3.8, 4) is 0 Å². The fourth-order valence-corrected chi connectivity index (χ4v) is 0.691. The number of aliphatic hydroxyl groups excluding tert-OH is 1. The molecule has 1 heterocycles. The van der Waals surface area contributed by atoms with E-state index in [1.165, 1.54) is 6.92 Å². The highest BCUT2D eigenvalue weighted by atomic mass is 16.5. The summed E-state index contributed by atoms with van der Waals surface area (Å²) in [6.07, 6.45) is 0. The van der Waals surface area contributed by atoms with Gasteiger partial charge in [-0.2, -0.15) is 4.98 Å². The van der Waals surface area contributed by atoms with Gasteiger partial charge in [-0.1, -0.05) is 5.16 Å². The van der Waals surface area contributed by atoms with Crippen LogP contribution in [0.4, 0.5) is 6.01 Å². The molecule has 3 N–H and O–H groups in total. The number of hydrogen-bond donors (Lipinski definition) is 3. The van der Waals surface area contributed by atoms with Gasteiger partial charge in [-0.3, -0.25) is 0 Å². The predicted molar refractivity (Wildman–Crippen MR) is 45.2 cm³/mol. The van der Waals surface area contributed by atoms with Gasteiger partial charge in [-0.05, 0) is 13.8 Å². The van der Waals surface area contributed by atoms with E-state index in [-0.39, 0.29) is 19.2 Å². The van der Waals surface area contributed by atoms with Crippen molar-refractivity contribution in [1.82, 2.24) is 10.1 Å². The summed E-state index contributed by atoms with van der Waals surface area (Å²) < 4.78 is 4.74. The SMILES string of the molecule is Cc1noc(NCC(C)(O)CO)n1. The van der Waals surface area contributed by atoms with Crippen LogP contribution < -0.4 is 5.32 Å². The lowest BCUT2D eigenvalue weighted by Crippen LogP contribution is -2.37. The first-order valence-electron chi connectivity index (χ1n) is 3.91. The summed E-state index contributed by atoms with van der Waals surface area (Å²) >= 11 is 0. The maximum atomic E-state index is 9.39. The highest BCUT2D eigenvalue weighted by Gasteiger charge is 2.19. The molecule has 0 fully saturated rings. The van der Waals surface area contributed by atoms with Crippen LogP contribution in [0.1, 0.15) is 12.7 Å². The molecule has 1 aromatic rings. The summed E-state index contributed by atoms with van der Waals surface area (Å²) in [5.41, 5.74) is -1.18. The molecule has 0 saturated carbocycles. The predicted octanol–water partition coefficient (Wildman–Crippen LogP) is -0.467. The van der Waals surface area contributed by atoms with Crippen molar-refractivity contribution in [3.05, 3.63) is 5.82 Å². The molecule has 0 aliphatic rings. The monoisotopic (exact) mass is 187 g/mol. The number of nitrogens with one attached hydrogen (secondary N) is 1. The zero-order valence-corrected chi connectivity index (χ0v) is 7.61. The van der Waals surface area contributed by atoms with Gasteiger partial charge in [0.15, 0.2) is 5.82 Å². The number of rotatable bonds is 4. The fraction of sp³-hybridized carbons (Fsp3) is 0.714. The number of aryl methyl sites for hydroxylation is 1. The number of aliphatic hydroxyl groups is 2. The van der Waals surface area contributed by atoms with E-state index in [0.717, 1.165) is 0 Å². The standard InChI is InChI=1S/C7H13N3O3/c1-5-9-6(13-10-5)8-3-7(2,12)4-11/h11-12H,3-4H2,1-2H3,(H,8,9,10). The maximum absolute atomic E-state index is 9.39. The minimum atomic E-state index is -1.18. The van der Waals surface area contributed by atoms with E-state index in [2.05, 4.69) is 15.5 Å². The molecular weight excluding hydrogens is 174 g/mol. The molecule has 0 aromatic carbocycles. The van der Waals surface area contributed by atoms with Crippen molar-refractivity contribution in [3.63, 3.8) is 0 Å². The lowest BCUT2D eigenvalue weighted by atomic mass is 10.1. The van der Waals surface area contributed by atoms with Gasteiger partial charge in [0.1, 0.15) is 5.60 Å². The van der Waals surface area contributed by atoms with Gasteiger partial charge in [0.05, 0.1) is 13.2 Å². The van der Waals surface area contributed by atoms with Gasteiger partial charge in [0.2, 0.25) is 0 Å². The molecule has 0 aliphatic heterocycles. The molecule has 1 aromatic heterocycles. The molecule has 6 nitrogen and oxygen atoms in total. The molecule has 0 saturated heterocycles. The third-order valence-corrected chi connectivity index (χ3v) is 1.49. The van der Waals surface area contributed by atoms with Crippen molar-refractivity contribution < 1.29 is 14.7 Å². The Balaban J connectivity index is 2.43. The second-order valence-electron chi connectivity index (χ2n) is 3.16. The van der Waals surface area contributed by atoms with E-state index < -0.39 is 5.60 Å². The second kappa shape index (κ2) is 3.71. The average Bonchev–Trinajstić information content (AvgIpc) is 2.48. The highest BCUT2D eigenvalue weighted by Crippen LogP contribution is 2.06. The topological polar surface area (TPSA) is 91.4 Å². The Hall–Kier alpha value is -1.14. The normalized spacial score (nSPS) is 15.4. The van der Waals surface area contributed by atoms with Gasteiger partial charge in [0, 0.05) is 0 Å². The summed E-state index contributed by atoms with van der Waals surface area (Å²) in [6, 6.07) is 0.242. The maximum Gasteiger partial charge on any atom is 0.321 e. The van der Waals surface area contributed by atoms with Gasteiger partial charge < -0.3 is 20.1 Å². The van der Waals surface area contributed by atoms with Gasteiger partial charge in [0.25, 0.3) is 0 Å². The molecular formula is C7H13N3O3. The van der Waals surface area contributed by atoms with Crippen LogP contribution in [-0.4, -0.2) is 39.1 Å². The van der Waals surface area contributed by atoms with E-state index in [4.69, 9.17) is 9.63 Å². The highest BCUT2D eigenvalue weighted by molar-refractivity contribution is 5.18. The molecule has 6 heteroatoms. The molecule has 1 atom stereocenters. The third-order valence-electron chi connectivity index (χ3n) is 1.49. The second-order valence-corrected chi connectivity index (χ2v) is 3.16. The molecule has 0 amide bonds. The number of aromatic nitrogens is 2. The van der Waals surface area contributed by atoms with Crippen molar-refractivity contribution in [2.75, 3.05) is 18.5 Å². The van der Waals surface area contributed by atoms with E-state index in [9.17, 15) is 5.11 Å². The van der Waals surface area contributed by atoms with Crippen LogP contribution in [0.5, 0.6) is 0 Å². The molecule has 0 radical (unpaired) electrons. The fourth-order valence-electron chi connectivity index (χ4n) is 0.691. The van der Waals surface area contributed by atoms with Crippen molar-refractivity contribution in [1.29, 1.82) is 0 Å². The summed E-state index contributed by atoms with van der Waals surface area (Å²) in [7, 11) is 0. The van der Waals surface area contributed by atoms with E-state index in [1.807, 2.05) is 0 Å². The molecule has 74 valence electrons. The van der Waals surface area contributed by atoms with Crippen molar-refractivity contribution >= 4 is 6.01 Å². The van der Waals surface area contributed by atoms with E-state index in [0.29, 0.717) is 5.82 Å². The Morgan fingerprint density at radius 2 is 2.31 bits per heavy atom. The van der Waals surface area contributed by atoms with Gasteiger partial charge in [-0.15, -0.1) is 0 Å². The quantitative estimate of drug-likeness (QED) is 0.590. The molecule has 0 aliphatic carbocycles. The molecule has 0 bridgehead atoms. The van der Waals surface area contributed by atoms with Crippen LogP contribution in [0.25, 0.3) is 0 Å². The van der Waals surface area contributed by atoms with Gasteiger partial charge in [-0.25, -0.2) is 0 Å². The Morgan fingerprint density at radius 1 is 1.62 bits per heavy atom. The lowest BCUT2D eigenvalue weighted by molar-refractivity contribution is 0.0128. The molecule has 13 heavy (non-hydrogen) atoms. The van der Waals surface area contributed by atoms with Gasteiger partial charge >= 0.3 is 6.01 Å². The Morgan fingerprint density at radius 3 is 2.77 bits per heavy atom. The summed E-state index contributed by atoms with van der Waals surface area (Å²) in [5, 5.41) is 24.4. The average molecular weight is 187 g/mol. The molecule has 1 rings (SSSR count). The lowest BCUT2D eigenvalue weighted by Gasteiger charge is -2.19. The van der Waals surface area contributed by atoms with Crippen LogP contribution in [0.2, 0.25) is 0 Å². The van der Waals surface area contributed by atoms with Crippen LogP contribution >= 0.6 is 0 Å². The van der Waals surface area contributed by atoms with Crippen LogP contribution in [0, 0.1) is 6.92 Å². The largest absolute Gasteiger partial charge is 0.393 e. The third kappa shape index (κ3) is 3.00. The van der Waals surface area contributed by atoms with Crippen LogP contribution in [-0.2, 0) is 0 Å². The van der Waals surface area contributed by atoms with E-state index >= 15 is 0 Å². The first-order chi connectivity index (χ1) is 6.03. The van der Waals surface area contributed by atoms with E-state index in [1.54, 1.807) is 6.92 Å². The minimum Gasteiger partial charge on any atom is -0.393 e. The zero-order chi connectivity index (χ0) is 9.90. The first kappa shape index (κ1) is 9.94. The smallest absolute Gasteiger partial charge is 0.321 e. The Bertz CT molecular complexity index is 272. The zero-order valence-electron chi connectivity index (χ0n) is 7.61. The van der Waals surface area contributed by atoms with Crippen molar-refractivity contribution in [2.45, 2.75) is 19.4 Å². The molecule has 0 spiro atoms. The summed E-state index contributed by atoms with van der Waals surface area (Å²) in [4.78, 5) is 3.87.